The van der Waals surface area contributed by atoms with E-state index >= 15 is 0 Å². The molecule has 0 aliphatic heterocycles. The third-order valence-electron chi connectivity index (χ3n) is 2.41. The summed E-state index contributed by atoms with van der Waals surface area (Å²) in [6.07, 6.45) is 1.87. The van der Waals surface area contributed by atoms with Gasteiger partial charge in [-0.15, -0.1) is 0 Å². The minimum atomic E-state index is 0.678. The van der Waals surface area contributed by atoms with Crippen LogP contribution in [-0.2, 0) is 11.3 Å². The highest BCUT2D eigenvalue weighted by atomic mass is 16.5. The van der Waals surface area contributed by atoms with Gasteiger partial charge in [-0.05, 0) is 14.0 Å². The summed E-state index contributed by atoms with van der Waals surface area (Å²) in [5.41, 5.74) is 2.15. The van der Waals surface area contributed by atoms with Gasteiger partial charge in [0.1, 0.15) is 0 Å². The first-order valence-electron chi connectivity index (χ1n) is 5.36. The maximum Gasteiger partial charge on any atom is 0.225 e. The maximum absolute atomic E-state index is 5.02. The van der Waals surface area contributed by atoms with Gasteiger partial charge in [0, 0.05) is 44.7 Å². The zero-order valence-corrected chi connectivity index (χ0v) is 10.4. The van der Waals surface area contributed by atoms with E-state index in [2.05, 4.69) is 15.3 Å². The van der Waals surface area contributed by atoms with Crippen molar-refractivity contribution < 1.29 is 4.74 Å². The van der Waals surface area contributed by atoms with Crippen molar-refractivity contribution in [2.75, 3.05) is 39.3 Å². The molecule has 0 aliphatic carbocycles. The third kappa shape index (κ3) is 3.43. The molecule has 0 saturated heterocycles. The first-order valence-corrected chi connectivity index (χ1v) is 5.36. The van der Waals surface area contributed by atoms with E-state index in [1.807, 2.05) is 32.1 Å². The average Bonchev–Trinajstić information content (AvgIpc) is 2.29. The molecule has 0 unspecified atom stereocenters. The van der Waals surface area contributed by atoms with Crippen LogP contribution in [0.5, 0.6) is 0 Å². The Balaban J connectivity index is 2.71. The van der Waals surface area contributed by atoms with Crippen molar-refractivity contribution in [3.8, 4) is 0 Å². The third-order valence-corrected chi connectivity index (χ3v) is 2.41. The van der Waals surface area contributed by atoms with Gasteiger partial charge in [-0.3, -0.25) is 0 Å². The Bertz CT molecular complexity index is 330. The van der Waals surface area contributed by atoms with E-state index in [0.29, 0.717) is 6.61 Å². The fourth-order valence-corrected chi connectivity index (χ4v) is 1.36. The molecule has 0 amide bonds. The van der Waals surface area contributed by atoms with Crippen molar-refractivity contribution in [1.82, 2.24) is 15.3 Å². The second-order valence-electron chi connectivity index (χ2n) is 3.73. The van der Waals surface area contributed by atoms with Crippen molar-refractivity contribution in [2.45, 2.75) is 13.5 Å². The molecule has 1 N–H and O–H groups in total. The van der Waals surface area contributed by atoms with Gasteiger partial charge in [-0.25, -0.2) is 9.97 Å². The largest absolute Gasteiger partial charge is 0.383 e. The van der Waals surface area contributed by atoms with E-state index in [1.165, 1.54) is 0 Å². The average molecular weight is 224 g/mol. The summed E-state index contributed by atoms with van der Waals surface area (Å²) in [6, 6.07) is 0. The van der Waals surface area contributed by atoms with Gasteiger partial charge in [0.25, 0.3) is 0 Å². The summed E-state index contributed by atoms with van der Waals surface area (Å²) in [4.78, 5) is 10.8. The Morgan fingerprint density at radius 1 is 1.50 bits per heavy atom. The summed E-state index contributed by atoms with van der Waals surface area (Å²) in [5, 5.41) is 3.09. The number of aryl methyl sites for hydroxylation is 1. The minimum absolute atomic E-state index is 0.678. The Kier molecular flexibility index (Phi) is 5.14. The molecule has 0 bridgehead atoms. The number of likely N-dealkylation sites (N-methyl/N-ethyl adjacent to an activating group) is 1. The summed E-state index contributed by atoms with van der Waals surface area (Å²) in [7, 11) is 5.57. The van der Waals surface area contributed by atoms with Crippen LogP contribution in [0.4, 0.5) is 5.95 Å². The highest BCUT2D eigenvalue weighted by Crippen LogP contribution is 2.09. The highest BCUT2D eigenvalue weighted by molar-refractivity contribution is 5.31. The molecule has 90 valence electrons. The Morgan fingerprint density at radius 2 is 2.25 bits per heavy atom. The van der Waals surface area contributed by atoms with E-state index in [9.17, 15) is 0 Å². The van der Waals surface area contributed by atoms with E-state index in [0.717, 1.165) is 30.3 Å². The van der Waals surface area contributed by atoms with Gasteiger partial charge in [-0.1, -0.05) is 0 Å². The minimum Gasteiger partial charge on any atom is -0.383 e. The van der Waals surface area contributed by atoms with Gasteiger partial charge in [0.15, 0.2) is 0 Å². The molecule has 0 spiro atoms. The summed E-state index contributed by atoms with van der Waals surface area (Å²) in [6.45, 7) is 4.27. The molecule has 5 heteroatoms. The van der Waals surface area contributed by atoms with Crippen molar-refractivity contribution >= 4 is 5.95 Å². The molecule has 0 aromatic carbocycles. The number of hydrogen-bond donors (Lipinski definition) is 1. The molecule has 0 atom stereocenters. The van der Waals surface area contributed by atoms with Crippen molar-refractivity contribution in [3.63, 3.8) is 0 Å². The second-order valence-corrected chi connectivity index (χ2v) is 3.73. The van der Waals surface area contributed by atoms with Crippen LogP contribution in [0, 0.1) is 6.92 Å². The first kappa shape index (κ1) is 12.9. The molecule has 1 aromatic rings. The van der Waals surface area contributed by atoms with E-state index < -0.39 is 0 Å². The number of nitrogens with one attached hydrogen (secondary N) is 1. The van der Waals surface area contributed by atoms with Gasteiger partial charge in [0.05, 0.1) is 6.61 Å². The zero-order valence-electron chi connectivity index (χ0n) is 10.4. The SMILES string of the molecule is CNCc1cnc(N(C)CCOC)nc1C. The fourth-order valence-electron chi connectivity index (χ4n) is 1.36. The van der Waals surface area contributed by atoms with Crippen molar-refractivity contribution in [3.05, 3.63) is 17.5 Å². The monoisotopic (exact) mass is 224 g/mol. The first-order chi connectivity index (χ1) is 7.69. The summed E-state index contributed by atoms with van der Waals surface area (Å²) < 4.78 is 5.02. The fraction of sp³-hybridized carbons (Fsp3) is 0.636. The smallest absolute Gasteiger partial charge is 0.225 e. The predicted octanol–water partition coefficient (Wildman–Crippen LogP) is 0.587. The number of aromatic nitrogens is 2. The summed E-state index contributed by atoms with van der Waals surface area (Å²) >= 11 is 0. The van der Waals surface area contributed by atoms with E-state index in [-0.39, 0.29) is 0 Å². The summed E-state index contributed by atoms with van der Waals surface area (Å²) in [5.74, 6) is 0.745. The maximum atomic E-state index is 5.02. The van der Waals surface area contributed by atoms with Gasteiger partial charge < -0.3 is 15.0 Å². The molecule has 0 saturated carbocycles. The molecule has 0 fully saturated rings. The van der Waals surface area contributed by atoms with Gasteiger partial charge >= 0.3 is 0 Å². The standard InChI is InChI=1S/C11H20N4O/c1-9-10(7-12-2)8-13-11(14-9)15(3)5-6-16-4/h8,12H,5-7H2,1-4H3. The molecule has 1 aromatic heterocycles. The van der Waals surface area contributed by atoms with E-state index in [4.69, 9.17) is 4.74 Å². The van der Waals surface area contributed by atoms with Gasteiger partial charge in [-0.2, -0.15) is 0 Å². The topological polar surface area (TPSA) is 50.3 Å². The molecular weight excluding hydrogens is 204 g/mol. The normalized spacial score (nSPS) is 10.5. The lowest BCUT2D eigenvalue weighted by Gasteiger charge is -2.17. The number of ether oxygens (including phenoxy) is 1. The highest BCUT2D eigenvalue weighted by Gasteiger charge is 2.06. The lowest BCUT2D eigenvalue weighted by atomic mass is 10.2. The Hall–Kier alpha value is -1.20. The van der Waals surface area contributed by atoms with Crippen LogP contribution in [0.2, 0.25) is 0 Å². The van der Waals surface area contributed by atoms with Crippen molar-refractivity contribution in [1.29, 1.82) is 0 Å². The number of rotatable bonds is 6. The molecule has 16 heavy (non-hydrogen) atoms. The predicted molar refractivity (Wildman–Crippen MR) is 64.7 cm³/mol. The number of anilines is 1. The number of hydrogen-bond acceptors (Lipinski definition) is 5. The lowest BCUT2D eigenvalue weighted by molar-refractivity contribution is 0.206. The molecule has 0 radical (unpaired) electrons. The van der Waals surface area contributed by atoms with Crippen molar-refractivity contribution in [2.24, 2.45) is 0 Å². The quantitative estimate of drug-likeness (QED) is 0.766. The van der Waals surface area contributed by atoms with Crippen LogP contribution in [0.15, 0.2) is 6.20 Å². The molecular formula is C11H20N4O. The van der Waals surface area contributed by atoms with Crippen LogP contribution in [0.3, 0.4) is 0 Å². The van der Waals surface area contributed by atoms with Crippen LogP contribution < -0.4 is 10.2 Å². The molecule has 0 aliphatic rings. The molecule has 1 rings (SSSR count). The van der Waals surface area contributed by atoms with Crippen LogP contribution in [0.25, 0.3) is 0 Å². The van der Waals surface area contributed by atoms with Crippen LogP contribution >= 0.6 is 0 Å². The molecule has 5 nitrogen and oxygen atoms in total. The number of methoxy groups -OCH3 is 1. The Morgan fingerprint density at radius 3 is 2.81 bits per heavy atom. The van der Waals surface area contributed by atoms with Crippen LogP contribution in [-0.4, -0.2) is 44.3 Å². The second kappa shape index (κ2) is 6.40. The lowest BCUT2D eigenvalue weighted by Crippen LogP contribution is -2.24. The zero-order chi connectivity index (χ0) is 12.0. The Labute approximate surface area is 96.8 Å². The van der Waals surface area contributed by atoms with Gasteiger partial charge in [0.2, 0.25) is 5.95 Å². The number of nitrogens with zero attached hydrogens (tertiary/aromatic N) is 3. The molecule has 1 heterocycles. The van der Waals surface area contributed by atoms with Crippen LogP contribution in [0.1, 0.15) is 11.3 Å². The van der Waals surface area contributed by atoms with E-state index in [1.54, 1.807) is 7.11 Å².